The molecule has 20 heavy (non-hydrogen) atoms. The second-order valence-electron chi connectivity index (χ2n) is 4.62. The Morgan fingerprint density at radius 2 is 2.10 bits per heavy atom. The predicted molar refractivity (Wildman–Crippen MR) is 83.1 cm³/mol. The molecule has 0 fully saturated rings. The molecule has 1 aromatic heterocycles. The Hall–Kier alpha value is -0.780. The lowest BCUT2D eigenvalue weighted by atomic mass is 10.0. The van der Waals surface area contributed by atoms with E-state index >= 15 is 0 Å². The molecule has 0 spiro atoms. The van der Waals surface area contributed by atoms with E-state index in [1.165, 1.54) is 12.1 Å². The van der Waals surface area contributed by atoms with E-state index in [0.29, 0.717) is 12.0 Å². The molecule has 0 radical (unpaired) electrons. The molecule has 0 aliphatic carbocycles. The van der Waals surface area contributed by atoms with Crippen molar-refractivity contribution in [2.24, 2.45) is 0 Å². The molecular formula is C15H16BrF2NS. The number of hydrogen-bond acceptors (Lipinski definition) is 2. The summed E-state index contributed by atoms with van der Waals surface area (Å²) in [7, 11) is 0. The highest BCUT2D eigenvalue weighted by Crippen LogP contribution is 2.30. The highest BCUT2D eigenvalue weighted by Gasteiger charge is 2.17. The Kier molecular flexibility index (Phi) is 5.69. The SMILES string of the molecule is CCCNC(Cc1ccc(F)cc1F)c1cscc1Br. The molecule has 0 aliphatic heterocycles. The van der Waals surface area contributed by atoms with Gasteiger partial charge in [-0.3, -0.25) is 0 Å². The summed E-state index contributed by atoms with van der Waals surface area (Å²) in [4.78, 5) is 0. The van der Waals surface area contributed by atoms with Gasteiger partial charge in [-0.25, -0.2) is 8.78 Å². The summed E-state index contributed by atoms with van der Waals surface area (Å²) in [6, 6.07) is 3.79. The minimum Gasteiger partial charge on any atom is -0.310 e. The van der Waals surface area contributed by atoms with E-state index < -0.39 is 11.6 Å². The molecule has 0 saturated carbocycles. The molecule has 0 amide bonds. The summed E-state index contributed by atoms with van der Waals surface area (Å²) in [6.45, 7) is 2.95. The summed E-state index contributed by atoms with van der Waals surface area (Å²) < 4.78 is 27.8. The highest BCUT2D eigenvalue weighted by atomic mass is 79.9. The van der Waals surface area contributed by atoms with Gasteiger partial charge in [-0.1, -0.05) is 13.0 Å². The molecule has 1 N–H and O–H groups in total. The van der Waals surface area contributed by atoms with E-state index in [0.717, 1.165) is 29.1 Å². The fourth-order valence-corrected chi connectivity index (χ4v) is 3.69. The van der Waals surface area contributed by atoms with Crippen molar-refractivity contribution in [1.82, 2.24) is 5.32 Å². The molecule has 1 aromatic carbocycles. The van der Waals surface area contributed by atoms with Gasteiger partial charge in [0, 0.05) is 22.0 Å². The molecule has 1 nitrogen and oxygen atoms in total. The lowest BCUT2D eigenvalue weighted by molar-refractivity contribution is 0.508. The van der Waals surface area contributed by atoms with Crippen LogP contribution in [0, 0.1) is 11.6 Å². The maximum absolute atomic E-state index is 13.8. The van der Waals surface area contributed by atoms with Crippen molar-refractivity contribution in [2.45, 2.75) is 25.8 Å². The summed E-state index contributed by atoms with van der Waals surface area (Å²) in [5.74, 6) is -1.03. The molecule has 2 rings (SSSR count). The van der Waals surface area contributed by atoms with Crippen LogP contribution in [0.4, 0.5) is 8.78 Å². The minimum absolute atomic E-state index is 0.0236. The molecule has 1 heterocycles. The third-order valence-electron chi connectivity index (χ3n) is 3.10. The number of hydrogen-bond donors (Lipinski definition) is 1. The second-order valence-corrected chi connectivity index (χ2v) is 6.22. The first-order valence-electron chi connectivity index (χ1n) is 6.50. The first kappa shape index (κ1) is 15.6. The van der Waals surface area contributed by atoms with Gasteiger partial charge in [0.2, 0.25) is 0 Å². The Bertz CT molecular complexity index is 571. The van der Waals surface area contributed by atoms with Gasteiger partial charge in [-0.05, 0) is 57.9 Å². The molecule has 1 unspecified atom stereocenters. The van der Waals surface area contributed by atoms with E-state index in [9.17, 15) is 8.78 Å². The van der Waals surface area contributed by atoms with Gasteiger partial charge >= 0.3 is 0 Å². The zero-order chi connectivity index (χ0) is 14.5. The first-order valence-corrected chi connectivity index (χ1v) is 8.24. The van der Waals surface area contributed by atoms with Crippen LogP contribution in [-0.4, -0.2) is 6.54 Å². The van der Waals surface area contributed by atoms with Gasteiger partial charge in [0.25, 0.3) is 0 Å². The Morgan fingerprint density at radius 1 is 1.30 bits per heavy atom. The Balaban J connectivity index is 2.21. The third-order valence-corrected chi connectivity index (χ3v) is 4.85. The largest absolute Gasteiger partial charge is 0.310 e. The molecule has 5 heteroatoms. The smallest absolute Gasteiger partial charge is 0.129 e. The van der Waals surface area contributed by atoms with Gasteiger partial charge in [0.15, 0.2) is 0 Å². The molecule has 0 aliphatic rings. The van der Waals surface area contributed by atoms with Gasteiger partial charge in [-0.15, -0.1) is 0 Å². The number of rotatable bonds is 6. The van der Waals surface area contributed by atoms with Gasteiger partial charge in [-0.2, -0.15) is 11.3 Å². The third kappa shape index (κ3) is 3.87. The maximum Gasteiger partial charge on any atom is 0.129 e. The van der Waals surface area contributed by atoms with Crippen LogP contribution in [0.1, 0.15) is 30.5 Å². The van der Waals surface area contributed by atoms with Gasteiger partial charge in [0.1, 0.15) is 11.6 Å². The van der Waals surface area contributed by atoms with E-state index in [4.69, 9.17) is 0 Å². The lowest BCUT2D eigenvalue weighted by Gasteiger charge is -2.19. The van der Waals surface area contributed by atoms with Crippen LogP contribution in [0.5, 0.6) is 0 Å². The van der Waals surface area contributed by atoms with E-state index in [1.54, 1.807) is 11.3 Å². The fourth-order valence-electron chi connectivity index (χ4n) is 2.06. The Morgan fingerprint density at radius 3 is 2.70 bits per heavy atom. The molecule has 108 valence electrons. The van der Waals surface area contributed by atoms with Crippen LogP contribution in [0.25, 0.3) is 0 Å². The molecular weight excluding hydrogens is 344 g/mol. The fraction of sp³-hybridized carbons (Fsp3) is 0.333. The number of halogens is 3. The minimum atomic E-state index is -0.541. The zero-order valence-electron chi connectivity index (χ0n) is 11.1. The summed E-state index contributed by atoms with van der Waals surface area (Å²) in [5.41, 5.74) is 1.64. The quantitative estimate of drug-likeness (QED) is 0.758. The lowest BCUT2D eigenvalue weighted by Crippen LogP contribution is -2.24. The number of benzene rings is 1. The van der Waals surface area contributed by atoms with Crippen LogP contribution < -0.4 is 5.32 Å². The van der Waals surface area contributed by atoms with Crippen LogP contribution in [0.2, 0.25) is 0 Å². The zero-order valence-corrected chi connectivity index (χ0v) is 13.5. The van der Waals surface area contributed by atoms with Crippen molar-refractivity contribution < 1.29 is 8.78 Å². The standard InChI is InChI=1S/C15H16BrF2NS/c1-2-5-19-15(12-8-20-9-13(12)16)6-10-3-4-11(17)7-14(10)18/h3-4,7-9,15,19H,2,5-6H2,1H3. The van der Waals surface area contributed by atoms with Crippen LogP contribution >= 0.6 is 27.3 Å². The molecule has 1 atom stereocenters. The summed E-state index contributed by atoms with van der Waals surface area (Å²) in [6.07, 6.45) is 1.51. The average Bonchev–Trinajstić information content (AvgIpc) is 2.83. The van der Waals surface area contributed by atoms with Crippen LogP contribution in [0.3, 0.4) is 0 Å². The first-order chi connectivity index (χ1) is 9.61. The molecule has 2 aromatic rings. The number of nitrogens with one attached hydrogen (secondary N) is 1. The van der Waals surface area contributed by atoms with Crippen molar-refractivity contribution in [3.8, 4) is 0 Å². The normalized spacial score (nSPS) is 12.6. The second kappa shape index (κ2) is 7.29. The van der Waals surface area contributed by atoms with Crippen molar-refractivity contribution in [3.05, 3.63) is 56.2 Å². The van der Waals surface area contributed by atoms with Crippen molar-refractivity contribution in [2.75, 3.05) is 6.54 Å². The Labute approximate surface area is 130 Å². The molecule has 0 saturated heterocycles. The van der Waals surface area contributed by atoms with Gasteiger partial charge in [0.05, 0.1) is 0 Å². The van der Waals surface area contributed by atoms with Crippen LogP contribution in [-0.2, 0) is 6.42 Å². The predicted octanol–water partition coefficient (Wildman–Crippen LogP) is 5.07. The number of thiophene rings is 1. The van der Waals surface area contributed by atoms with E-state index in [-0.39, 0.29) is 6.04 Å². The monoisotopic (exact) mass is 359 g/mol. The highest BCUT2D eigenvalue weighted by molar-refractivity contribution is 9.10. The van der Waals surface area contributed by atoms with Gasteiger partial charge < -0.3 is 5.32 Å². The van der Waals surface area contributed by atoms with Crippen LogP contribution in [0.15, 0.2) is 33.4 Å². The topological polar surface area (TPSA) is 12.0 Å². The maximum atomic E-state index is 13.8. The average molecular weight is 360 g/mol. The van der Waals surface area contributed by atoms with Crippen molar-refractivity contribution in [1.29, 1.82) is 0 Å². The summed E-state index contributed by atoms with van der Waals surface area (Å²) in [5, 5.41) is 7.48. The molecule has 0 bridgehead atoms. The van der Waals surface area contributed by atoms with E-state index in [1.807, 2.05) is 5.38 Å². The van der Waals surface area contributed by atoms with Crippen molar-refractivity contribution in [3.63, 3.8) is 0 Å². The van der Waals surface area contributed by atoms with Crippen molar-refractivity contribution >= 4 is 27.3 Å². The summed E-state index contributed by atoms with van der Waals surface area (Å²) >= 11 is 5.12. The van der Waals surface area contributed by atoms with E-state index in [2.05, 4.69) is 33.6 Å².